The van der Waals surface area contributed by atoms with Gasteiger partial charge < -0.3 is 20.3 Å². The molecule has 8 nitrogen and oxygen atoms in total. The molecule has 1 atom stereocenters. The molecule has 5 rings (SSSR count). The first-order valence-electron chi connectivity index (χ1n) is 11.6. The number of nitrogens with one attached hydrogen (secondary N) is 2. The van der Waals surface area contributed by atoms with Crippen molar-refractivity contribution >= 4 is 38.5 Å². The average molecular weight is 529 g/mol. The lowest BCUT2D eigenvalue weighted by Crippen LogP contribution is -2.49. The van der Waals surface area contributed by atoms with Crippen LogP contribution in [0, 0.1) is 0 Å². The summed E-state index contributed by atoms with van der Waals surface area (Å²) in [5.41, 5.74) is 0.764. The molecule has 37 heavy (non-hydrogen) atoms. The highest BCUT2D eigenvalue weighted by atomic mass is 32.1. The quantitative estimate of drug-likeness (QED) is 0.362. The fourth-order valence-electron chi connectivity index (χ4n) is 4.02. The fraction of sp³-hybridized carbons (Fsp3) is 0.280. The summed E-state index contributed by atoms with van der Waals surface area (Å²) in [5.74, 6) is 0.855. The third-order valence-electron chi connectivity index (χ3n) is 5.73. The predicted octanol–water partition coefficient (Wildman–Crippen LogP) is 5.32. The third kappa shape index (κ3) is 5.65. The summed E-state index contributed by atoms with van der Waals surface area (Å²) in [7, 11) is 0. The molecule has 3 heterocycles. The standard InChI is InChI=1S/C25H23F3N6O2S/c1-14-13-34(11-10-29-14)23-31-18(16-6-8-17(9-7-16)25(26,27)28)12-21(32-23)36-19-4-3-5-20-22(19)33-24(37-20)30-15(2)35/h3-9,12,14,29H,10-11,13H2,1-2H3,(H,30,33,35). The Morgan fingerprint density at radius 3 is 2.65 bits per heavy atom. The highest BCUT2D eigenvalue weighted by Crippen LogP contribution is 2.36. The minimum Gasteiger partial charge on any atom is -0.437 e. The van der Waals surface area contributed by atoms with Crippen LogP contribution in [-0.4, -0.2) is 46.5 Å². The number of benzene rings is 2. The summed E-state index contributed by atoms with van der Waals surface area (Å²) in [6.45, 7) is 5.54. The molecular weight excluding hydrogens is 505 g/mol. The van der Waals surface area contributed by atoms with Crippen LogP contribution in [-0.2, 0) is 11.0 Å². The number of piperazine rings is 1. The normalized spacial score (nSPS) is 16.1. The zero-order valence-corrected chi connectivity index (χ0v) is 20.8. The van der Waals surface area contributed by atoms with Crippen molar-refractivity contribution in [1.29, 1.82) is 0 Å². The molecule has 0 radical (unpaired) electrons. The molecule has 1 aliphatic rings. The first-order chi connectivity index (χ1) is 17.7. The summed E-state index contributed by atoms with van der Waals surface area (Å²) in [5, 5.41) is 6.49. The summed E-state index contributed by atoms with van der Waals surface area (Å²) < 4.78 is 46.2. The lowest BCUT2D eigenvalue weighted by molar-refractivity contribution is -0.137. The minimum absolute atomic E-state index is 0.215. The van der Waals surface area contributed by atoms with Crippen molar-refractivity contribution < 1.29 is 22.7 Å². The summed E-state index contributed by atoms with van der Waals surface area (Å²) in [4.78, 5) is 27.2. The molecule has 2 N–H and O–H groups in total. The van der Waals surface area contributed by atoms with Crippen molar-refractivity contribution in [3.05, 3.63) is 54.1 Å². The number of hydrogen-bond acceptors (Lipinski definition) is 8. The van der Waals surface area contributed by atoms with Gasteiger partial charge in [-0.1, -0.05) is 29.5 Å². The van der Waals surface area contributed by atoms with E-state index in [0.717, 1.165) is 23.4 Å². The Bertz CT molecular complexity index is 1440. The number of carbonyl (C=O) groups excluding carboxylic acids is 1. The van der Waals surface area contributed by atoms with Gasteiger partial charge in [0.05, 0.1) is 16.0 Å². The molecule has 192 valence electrons. The van der Waals surface area contributed by atoms with E-state index in [1.165, 1.54) is 30.4 Å². The smallest absolute Gasteiger partial charge is 0.416 e. The lowest BCUT2D eigenvalue weighted by Gasteiger charge is -2.32. The number of alkyl halides is 3. The molecule has 4 aromatic rings. The maximum atomic E-state index is 13.1. The van der Waals surface area contributed by atoms with E-state index in [-0.39, 0.29) is 17.8 Å². The average Bonchev–Trinajstić information content (AvgIpc) is 3.26. The zero-order chi connectivity index (χ0) is 26.2. The van der Waals surface area contributed by atoms with E-state index >= 15 is 0 Å². The van der Waals surface area contributed by atoms with Gasteiger partial charge in [-0.25, -0.2) is 9.97 Å². The number of fused-ring (bicyclic) bond motifs is 1. The Kier molecular flexibility index (Phi) is 6.69. The Morgan fingerprint density at radius 1 is 1.16 bits per heavy atom. The van der Waals surface area contributed by atoms with Gasteiger partial charge in [0, 0.05) is 44.2 Å². The second kappa shape index (κ2) is 9.94. The number of nitrogens with zero attached hydrogens (tertiary/aromatic N) is 4. The van der Waals surface area contributed by atoms with Gasteiger partial charge in [-0.3, -0.25) is 4.79 Å². The number of rotatable bonds is 5. The highest BCUT2D eigenvalue weighted by molar-refractivity contribution is 7.22. The number of carbonyl (C=O) groups is 1. The topological polar surface area (TPSA) is 92.3 Å². The van der Waals surface area contributed by atoms with Crippen LogP contribution in [0.25, 0.3) is 21.5 Å². The molecule has 0 spiro atoms. The van der Waals surface area contributed by atoms with E-state index in [1.54, 1.807) is 12.1 Å². The number of halogens is 3. The molecular formula is C25H23F3N6O2S. The van der Waals surface area contributed by atoms with Crippen molar-refractivity contribution in [3.8, 4) is 22.9 Å². The molecule has 12 heteroatoms. The Morgan fingerprint density at radius 2 is 1.95 bits per heavy atom. The minimum atomic E-state index is -4.43. The molecule has 0 aliphatic carbocycles. The van der Waals surface area contributed by atoms with E-state index in [9.17, 15) is 18.0 Å². The molecule has 0 saturated carbocycles. The Labute approximate surface area is 214 Å². The molecule has 1 fully saturated rings. The fourth-order valence-corrected chi connectivity index (χ4v) is 4.95. The Balaban J connectivity index is 1.54. The summed E-state index contributed by atoms with van der Waals surface area (Å²) in [6.07, 6.45) is -4.43. The molecule has 1 saturated heterocycles. The van der Waals surface area contributed by atoms with E-state index in [0.29, 0.717) is 46.7 Å². The number of aromatic nitrogens is 3. The second-order valence-corrected chi connectivity index (χ2v) is 9.70. The Hall–Kier alpha value is -3.77. The summed E-state index contributed by atoms with van der Waals surface area (Å²) >= 11 is 1.32. The van der Waals surface area contributed by atoms with Crippen LogP contribution < -0.4 is 20.3 Å². The third-order valence-corrected chi connectivity index (χ3v) is 6.67. The monoisotopic (exact) mass is 528 g/mol. The van der Waals surface area contributed by atoms with Gasteiger partial charge in [0.15, 0.2) is 10.9 Å². The van der Waals surface area contributed by atoms with Crippen molar-refractivity contribution in [2.24, 2.45) is 0 Å². The van der Waals surface area contributed by atoms with Crippen LogP contribution in [0.1, 0.15) is 19.4 Å². The van der Waals surface area contributed by atoms with Gasteiger partial charge >= 0.3 is 6.18 Å². The molecule has 2 aromatic carbocycles. The molecule has 2 aromatic heterocycles. The van der Waals surface area contributed by atoms with Gasteiger partial charge in [-0.2, -0.15) is 18.2 Å². The van der Waals surface area contributed by atoms with Crippen molar-refractivity contribution in [3.63, 3.8) is 0 Å². The van der Waals surface area contributed by atoms with Gasteiger partial charge in [0.1, 0.15) is 5.52 Å². The molecule has 1 amide bonds. The largest absolute Gasteiger partial charge is 0.437 e. The van der Waals surface area contributed by atoms with E-state index in [2.05, 4.69) is 32.5 Å². The van der Waals surface area contributed by atoms with Gasteiger partial charge in [-0.05, 0) is 31.2 Å². The van der Waals surface area contributed by atoms with Crippen molar-refractivity contribution in [2.75, 3.05) is 29.9 Å². The van der Waals surface area contributed by atoms with Crippen LogP contribution in [0.5, 0.6) is 11.6 Å². The molecule has 0 bridgehead atoms. The first kappa shape index (κ1) is 24.9. The van der Waals surface area contributed by atoms with Crippen LogP contribution in [0.4, 0.5) is 24.3 Å². The van der Waals surface area contributed by atoms with Crippen molar-refractivity contribution in [1.82, 2.24) is 20.3 Å². The maximum absolute atomic E-state index is 13.1. The van der Waals surface area contributed by atoms with E-state index in [4.69, 9.17) is 4.74 Å². The maximum Gasteiger partial charge on any atom is 0.416 e. The predicted molar refractivity (Wildman–Crippen MR) is 136 cm³/mol. The molecule has 1 unspecified atom stereocenters. The van der Waals surface area contributed by atoms with Crippen LogP contribution in [0.2, 0.25) is 0 Å². The van der Waals surface area contributed by atoms with Gasteiger partial charge in [0.2, 0.25) is 17.7 Å². The van der Waals surface area contributed by atoms with Crippen molar-refractivity contribution in [2.45, 2.75) is 26.1 Å². The zero-order valence-electron chi connectivity index (χ0n) is 20.0. The van der Waals surface area contributed by atoms with E-state index < -0.39 is 11.7 Å². The van der Waals surface area contributed by atoms with Gasteiger partial charge in [0.25, 0.3) is 0 Å². The van der Waals surface area contributed by atoms with Crippen LogP contribution >= 0.6 is 11.3 Å². The number of para-hydroxylation sites is 1. The summed E-state index contributed by atoms with van der Waals surface area (Å²) in [6, 6.07) is 12.1. The number of anilines is 2. The highest BCUT2D eigenvalue weighted by Gasteiger charge is 2.30. The van der Waals surface area contributed by atoms with Gasteiger partial charge in [-0.15, -0.1) is 0 Å². The SMILES string of the molecule is CC(=O)Nc1nc2c(Oc3cc(-c4ccc(C(F)(F)F)cc4)nc(N4CCNC(C)C4)n3)cccc2s1. The van der Waals surface area contributed by atoms with Crippen LogP contribution in [0.15, 0.2) is 48.5 Å². The van der Waals surface area contributed by atoms with E-state index in [1.807, 2.05) is 17.0 Å². The second-order valence-electron chi connectivity index (χ2n) is 8.67. The number of thiazole rings is 1. The lowest BCUT2D eigenvalue weighted by atomic mass is 10.1. The first-order valence-corrected chi connectivity index (χ1v) is 12.4. The molecule has 1 aliphatic heterocycles. The number of amides is 1. The number of hydrogen-bond donors (Lipinski definition) is 2. The van der Waals surface area contributed by atoms with Crippen LogP contribution in [0.3, 0.4) is 0 Å². The number of ether oxygens (including phenoxy) is 1.